The van der Waals surface area contributed by atoms with Gasteiger partial charge in [-0.3, -0.25) is 4.79 Å². The van der Waals surface area contributed by atoms with Gasteiger partial charge in [0.1, 0.15) is 16.2 Å². The highest BCUT2D eigenvalue weighted by Crippen LogP contribution is 2.32. The Morgan fingerprint density at radius 3 is 2.61 bits per heavy atom. The van der Waals surface area contributed by atoms with Gasteiger partial charge in [0.2, 0.25) is 0 Å². The Morgan fingerprint density at radius 1 is 1.11 bits per heavy atom. The molecule has 0 saturated heterocycles. The smallest absolute Gasteiger partial charge is 0.286 e. The second-order valence-electron chi connectivity index (χ2n) is 6.82. The van der Waals surface area contributed by atoms with Crippen LogP contribution in [0.4, 0.5) is 5.69 Å². The summed E-state index contributed by atoms with van der Waals surface area (Å²) >= 11 is 0. The number of amidine groups is 1. The first-order chi connectivity index (χ1) is 13.5. The van der Waals surface area contributed by atoms with E-state index in [4.69, 9.17) is 0 Å². The van der Waals surface area contributed by atoms with E-state index in [0.717, 1.165) is 12.8 Å². The van der Waals surface area contributed by atoms with E-state index >= 15 is 0 Å². The number of hydrogen-bond acceptors (Lipinski definition) is 6. The van der Waals surface area contributed by atoms with Gasteiger partial charge in [0.15, 0.2) is 5.84 Å². The number of sulfonamides is 1. The molecule has 3 N–H and O–H groups in total. The first-order valence-corrected chi connectivity index (χ1v) is 10.2. The maximum Gasteiger partial charge on any atom is 0.286 e. The van der Waals surface area contributed by atoms with E-state index in [1.807, 2.05) is 0 Å². The molecule has 9 heteroatoms. The highest BCUT2D eigenvalue weighted by molar-refractivity contribution is 7.90. The zero-order valence-electron chi connectivity index (χ0n) is 14.6. The van der Waals surface area contributed by atoms with Crippen molar-refractivity contribution in [3.8, 4) is 5.75 Å². The molecule has 0 radical (unpaired) electrons. The number of fused-ring (bicyclic) bond motifs is 2. The van der Waals surface area contributed by atoms with Crippen LogP contribution in [0, 0.1) is 0 Å². The quantitative estimate of drug-likeness (QED) is 0.624. The van der Waals surface area contributed by atoms with Crippen LogP contribution in [0.1, 0.15) is 18.4 Å². The Hall–Kier alpha value is -3.33. The number of para-hydroxylation sites is 2. The summed E-state index contributed by atoms with van der Waals surface area (Å²) in [5.74, 6) is -0.506. The largest absolute Gasteiger partial charge is 0.506 e. The van der Waals surface area contributed by atoms with Crippen LogP contribution >= 0.6 is 0 Å². The lowest BCUT2D eigenvalue weighted by Crippen LogP contribution is -2.37. The van der Waals surface area contributed by atoms with E-state index in [9.17, 15) is 18.3 Å². The molecule has 0 spiro atoms. The average molecular weight is 396 g/mol. The lowest BCUT2D eigenvalue weighted by molar-refractivity contribution is 0.478. The number of hydrogen-bond donors (Lipinski definition) is 3. The number of benzene rings is 2. The summed E-state index contributed by atoms with van der Waals surface area (Å²) in [6, 6.07) is 13.4. The van der Waals surface area contributed by atoms with Crippen molar-refractivity contribution in [2.45, 2.75) is 23.8 Å². The summed E-state index contributed by atoms with van der Waals surface area (Å²) in [7, 11) is -4.00. The van der Waals surface area contributed by atoms with Gasteiger partial charge < -0.3 is 15.8 Å². The van der Waals surface area contributed by atoms with E-state index in [1.54, 1.807) is 42.5 Å². The summed E-state index contributed by atoms with van der Waals surface area (Å²) in [4.78, 5) is 13.2. The molecule has 3 aromatic rings. The summed E-state index contributed by atoms with van der Waals surface area (Å²) in [5.41, 5.74) is 3.20. The lowest BCUT2D eigenvalue weighted by atomic mass is 10.1. The molecule has 1 fully saturated rings. The van der Waals surface area contributed by atoms with Crippen molar-refractivity contribution >= 4 is 32.4 Å². The zero-order valence-corrected chi connectivity index (χ0v) is 15.4. The summed E-state index contributed by atoms with van der Waals surface area (Å²) in [6.45, 7) is 0. The fourth-order valence-electron chi connectivity index (χ4n) is 3.29. The van der Waals surface area contributed by atoms with Crippen molar-refractivity contribution in [2.75, 3.05) is 10.7 Å². The molecule has 1 saturated carbocycles. The molecule has 0 amide bonds. The van der Waals surface area contributed by atoms with Gasteiger partial charge in [0, 0.05) is 11.4 Å². The molecule has 5 rings (SSSR count). The summed E-state index contributed by atoms with van der Waals surface area (Å²) in [5, 5.41) is 14.1. The SMILES string of the molecule is O=c1c(C2=NS(=O)(=O)c3ccccc3N2)c(O)c2ccccc2n1NC1CC1. The third kappa shape index (κ3) is 2.55. The highest BCUT2D eigenvalue weighted by Gasteiger charge is 2.30. The molecule has 2 heterocycles. The normalized spacial score (nSPS) is 17.5. The molecule has 0 unspecified atom stereocenters. The van der Waals surface area contributed by atoms with Crippen LogP contribution in [0.5, 0.6) is 5.75 Å². The summed E-state index contributed by atoms with van der Waals surface area (Å²) in [6.07, 6.45) is 1.88. The number of nitrogens with zero attached hydrogens (tertiary/aromatic N) is 2. The third-order valence-corrected chi connectivity index (χ3v) is 6.14. The molecular weight excluding hydrogens is 380 g/mol. The first kappa shape index (κ1) is 16.8. The monoisotopic (exact) mass is 396 g/mol. The van der Waals surface area contributed by atoms with Gasteiger partial charge >= 0.3 is 0 Å². The average Bonchev–Trinajstić information content (AvgIpc) is 3.49. The highest BCUT2D eigenvalue weighted by atomic mass is 32.2. The van der Waals surface area contributed by atoms with Crippen LogP contribution < -0.4 is 16.3 Å². The van der Waals surface area contributed by atoms with Gasteiger partial charge in [0.25, 0.3) is 15.6 Å². The van der Waals surface area contributed by atoms with Crippen molar-refractivity contribution < 1.29 is 13.5 Å². The van der Waals surface area contributed by atoms with Gasteiger partial charge in [-0.25, -0.2) is 4.68 Å². The number of nitrogens with one attached hydrogen (secondary N) is 2. The van der Waals surface area contributed by atoms with Crippen molar-refractivity contribution in [1.29, 1.82) is 0 Å². The van der Waals surface area contributed by atoms with Gasteiger partial charge in [-0.2, -0.15) is 8.42 Å². The molecular formula is C19H16N4O4S. The van der Waals surface area contributed by atoms with Gasteiger partial charge in [0.05, 0.1) is 11.2 Å². The van der Waals surface area contributed by atoms with Crippen molar-refractivity contribution in [3.05, 3.63) is 64.4 Å². The Labute approximate surface area is 160 Å². The second-order valence-corrected chi connectivity index (χ2v) is 8.39. The first-order valence-electron chi connectivity index (χ1n) is 8.80. The maximum atomic E-state index is 13.2. The molecule has 142 valence electrons. The minimum atomic E-state index is -4.00. The molecule has 2 aliphatic rings. The van der Waals surface area contributed by atoms with Crippen LogP contribution in [-0.2, 0) is 10.0 Å². The minimum absolute atomic E-state index is 0.0236. The maximum absolute atomic E-state index is 13.2. The Bertz CT molecular complexity index is 1320. The van der Waals surface area contributed by atoms with Crippen LogP contribution in [-0.4, -0.2) is 30.1 Å². The third-order valence-electron chi connectivity index (χ3n) is 4.81. The van der Waals surface area contributed by atoms with Crippen LogP contribution in [0.3, 0.4) is 0 Å². The van der Waals surface area contributed by atoms with Crippen LogP contribution in [0.2, 0.25) is 0 Å². The minimum Gasteiger partial charge on any atom is -0.506 e. The van der Waals surface area contributed by atoms with Gasteiger partial charge in [-0.15, -0.1) is 4.40 Å². The van der Waals surface area contributed by atoms with E-state index in [2.05, 4.69) is 15.1 Å². The molecule has 2 aromatic carbocycles. The topological polar surface area (TPSA) is 113 Å². The number of anilines is 1. The molecule has 28 heavy (non-hydrogen) atoms. The second kappa shape index (κ2) is 5.83. The van der Waals surface area contributed by atoms with Crippen molar-refractivity contribution in [1.82, 2.24) is 4.68 Å². The van der Waals surface area contributed by atoms with Crippen LogP contribution in [0.25, 0.3) is 10.9 Å². The predicted molar refractivity (Wildman–Crippen MR) is 106 cm³/mol. The molecule has 8 nitrogen and oxygen atoms in total. The fraction of sp³-hybridized carbons (Fsp3) is 0.158. The molecule has 1 aliphatic carbocycles. The fourth-order valence-corrected chi connectivity index (χ4v) is 4.41. The Kier molecular flexibility index (Phi) is 3.50. The Morgan fingerprint density at radius 2 is 1.82 bits per heavy atom. The molecule has 0 atom stereocenters. The van der Waals surface area contributed by atoms with Crippen LogP contribution in [0.15, 0.2) is 62.6 Å². The van der Waals surface area contributed by atoms with E-state index in [0.29, 0.717) is 16.6 Å². The lowest BCUT2D eigenvalue weighted by Gasteiger charge is -2.21. The molecule has 1 aromatic heterocycles. The molecule has 1 aliphatic heterocycles. The van der Waals surface area contributed by atoms with E-state index in [1.165, 1.54) is 10.7 Å². The zero-order chi connectivity index (χ0) is 19.5. The Balaban J connectivity index is 1.78. The predicted octanol–water partition coefficient (Wildman–Crippen LogP) is 1.97. The number of pyridine rings is 1. The standard InChI is InChI=1S/C19H16N4O4S/c24-17-12-5-1-3-7-14(12)23(21-11-9-10-11)19(25)16(17)18-20-13-6-2-4-8-15(13)28(26,27)22-18/h1-8,11,21,24H,9-10H2,(H,20,22). The van der Waals surface area contributed by atoms with E-state index < -0.39 is 15.6 Å². The number of aromatic nitrogens is 1. The van der Waals surface area contributed by atoms with Gasteiger partial charge in [-0.1, -0.05) is 24.3 Å². The summed E-state index contributed by atoms with van der Waals surface area (Å²) < 4.78 is 30.3. The molecule has 0 bridgehead atoms. The number of rotatable bonds is 3. The van der Waals surface area contributed by atoms with Crippen molar-refractivity contribution in [2.24, 2.45) is 4.40 Å². The van der Waals surface area contributed by atoms with Crippen molar-refractivity contribution in [3.63, 3.8) is 0 Å². The number of aromatic hydroxyl groups is 1. The van der Waals surface area contributed by atoms with Gasteiger partial charge in [-0.05, 0) is 37.1 Å². The van der Waals surface area contributed by atoms with E-state index in [-0.39, 0.29) is 28.1 Å².